The number of aliphatic hydroxyl groups is 1. The number of phosphoric ester groups is 1. The van der Waals surface area contributed by atoms with Crippen LogP contribution in [0.5, 0.6) is 0 Å². The molecule has 3 unspecified atom stereocenters. The van der Waals surface area contributed by atoms with Crippen molar-refractivity contribution in [1.82, 2.24) is 5.32 Å². The van der Waals surface area contributed by atoms with Gasteiger partial charge in [-0.25, -0.2) is 4.57 Å². The topological polar surface area (TPSA) is 105 Å². The molecule has 0 saturated carbocycles. The summed E-state index contributed by atoms with van der Waals surface area (Å²) >= 11 is 0. The second-order valence-electron chi connectivity index (χ2n) is 27.7. The predicted octanol–water partition coefficient (Wildman–Crippen LogP) is 26.3. The van der Waals surface area contributed by atoms with E-state index in [1.54, 1.807) is 6.08 Å². The normalized spacial score (nSPS) is 14.3. The molecule has 3 atom stereocenters. The van der Waals surface area contributed by atoms with Crippen LogP contribution in [0.4, 0.5) is 0 Å². The van der Waals surface area contributed by atoms with Crippen molar-refractivity contribution < 1.29 is 32.9 Å². The van der Waals surface area contributed by atoms with Gasteiger partial charge in [0.2, 0.25) is 5.91 Å². The maximum absolute atomic E-state index is 13.1. The number of rotatable bonds is 72. The average molecular weight is 1340 g/mol. The van der Waals surface area contributed by atoms with Gasteiger partial charge < -0.3 is 19.8 Å². The van der Waals surface area contributed by atoms with Crippen LogP contribution in [0, 0.1) is 0 Å². The zero-order valence-corrected chi connectivity index (χ0v) is 63.5. The zero-order valence-electron chi connectivity index (χ0n) is 62.6. The number of amides is 1. The number of nitrogens with one attached hydrogen (secondary N) is 1. The maximum atomic E-state index is 13.1. The molecule has 0 fully saturated rings. The van der Waals surface area contributed by atoms with E-state index in [9.17, 15) is 19.4 Å². The molecule has 0 rings (SSSR count). The molecule has 0 bridgehead atoms. The number of carbonyl (C=O) groups is 1. The Bertz CT molecular complexity index is 2070. The Morgan fingerprint density at radius 1 is 0.368 bits per heavy atom. The number of likely N-dealkylation sites (N-methyl/N-ethyl adjacent to an activating group) is 1. The second kappa shape index (κ2) is 74.6. The number of unbranched alkanes of at least 4 members (excludes halogenated alkanes) is 37. The summed E-state index contributed by atoms with van der Waals surface area (Å²) in [5.74, 6) is -0.194. The standard InChI is InChI=1S/C86H151N2O6P/c1-6-8-10-12-14-16-18-20-22-24-26-28-30-32-34-36-38-40-41-42-43-44-45-46-47-48-50-52-54-56-58-60-62-64-66-68-70-72-74-76-78-80-86(90)87-84(83-94-95(91,92)93-82-81-88(3,4)5)85(89)79-77-75-73-71-69-67-65-63-61-59-57-55-53-51-49-39-37-35-33-31-29-27-25-23-21-19-17-15-13-11-9-7-2/h8,10,14,16,20,22,26,28,32,34,38,40,42-43,45-46,48,50,61,63,69,71,77,79,84-85,89H,6-7,9,11-13,15,17-19,21,23-25,27,29-31,33,35-37,39,41,44,47,49,51-60,62,64-68,70,72-76,78,80-83H2,1-5H3,(H-,87,90,91,92)/p+1/b10-8-,16-14-,22-20-,28-26-,34-32-,40-38-,43-42-,46-45-,50-48-,63-61+,71-69+,79-77+. The first-order valence-corrected chi connectivity index (χ1v) is 41.2. The van der Waals surface area contributed by atoms with E-state index in [4.69, 9.17) is 9.05 Å². The molecule has 1 amide bonds. The van der Waals surface area contributed by atoms with Gasteiger partial charge >= 0.3 is 7.82 Å². The van der Waals surface area contributed by atoms with Gasteiger partial charge in [0.05, 0.1) is 39.9 Å². The van der Waals surface area contributed by atoms with E-state index in [2.05, 4.69) is 153 Å². The molecule has 0 aromatic heterocycles. The zero-order chi connectivity index (χ0) is 69.0. The number of hydrogen-bond donors (Lipinski definition) is 3. The Morgan fingerprint density at radius 2 is 0.642 bits per heavy atom. The third-order valence-electron chi connectivity index (χ3n) is 17.3. The second-order valence-corrected chi connectivity index (χ2v) is 29.1. The Hall–Kier alpha value is -3.62. The van der Waals surface area contributed by atoms with Gasteiger partial charge in [0.25, 0.3) is 0 Å². The number of phosphoric acid groups is 1. The van der Waals surface area contributed by atoms with E-state index in [0.29, 0.717) is 17.4 Å². The minimum absolute atomic E-state index is 0.0478. The highest BCUT2D eigenvalue weighted by molar-refractivity contribution is 7.47. The first-order chi connectivity index (χ1) is 46.5. The van der Waals surface area contributed by atoms with Crippen LogP contribution >= 0.6 is 7.82 Å². The average Bonchev–Trinajstić information content (AvgIpc) is 2.01. The van der Waals surface area contributed by atoms with Crippen molar-refractivity contribution in [2.45, 2.75) is 353 Å². The van der Waals surface area contributed by atoms with Crippen molar-refractivity contribution in [3.8, 4) is 0 Å². The van der Waals surface area contributed by atoms with Crippen molar-refractivity contribution in [1.29, 1.82) is 0 Å². The molecule has 0 saturated heterocycles. The molecular formula is C86H152N2O6P+. The molecular weight excluding hydrogens is 1190 g/mol. The highest BCUT2D eigenvalue weighted by Crippen LogP contribution is 2.43. The van der Waals surface area contributed by atoms with E-state index in [0.717, 1.165) is 103 Å². The van der Waals surface area contributed by atoms with E-state index >= 15 is 0 Å². The number of quaternary nitrogens is 1. The number of carbonyl (C=O) groups excluding carboxylic acids is 1. The summed E-state index contributed by atoms with van der Waals surface area (Å²) < 4.78 is 23.8. The lowest BCUT2D eigenvalue weighted by Crippen LogP contribution is -2.45. The molecule has 9 heteroatoms. The van der Waals surface area contributed by atoms with Crippen LogP contribution in [-0.2, 0) is 18.4 Å². The monoisotopic (exact) mass is 1340 g/mol. The lowest BCUT2D eigenvalue weighted by Gasteiger charge is -2.25. The van der Waals surface area contributed by atoms with Crippen LogP contribution in [0.25, 0.3) is 0 Å². The summed E-state index contributed by atoms with van der Waals surface area (Å²) in [6.45, 7) is 4.70. The third kappa shape index (κ3) is 77.6. The Kier molecular flexibility index (Phi) is 71.8. The third-order valence-corrected chi connectivity index (χ3v) is 18.3. The minimum atomic E-state index is -4.38. The summed E-state index contributed by atoms with van der Waals surface area (Å²) in [5, 5.41) is 14.0. The van der Waals surface area contributed by atoms with Crippen molar-refractivity contribution in [3.63, 3.8) is 0 Å². The van der Waals surface area contributed by atoms with E-state index in [-0.39, 0.29) is 19.1 Å². The number of aliphatic hydroxyl groups excluding tert-OH is 1. The highest BCUT2D eigenvalue weighted by Gasteiger charge is 2.28. The molecule has 546 valence electrons. The van der Waals surface area contributed by atoms with Gasteiger partial charge in [-0.1, -0.05) is 365 Å². The molecule has 0 aliphatic heterocycles. The fourth-order valence-electron chi connectivity index (χ4n) is 11.2. The van der Waals surface area contributed by atoms with Crippen molar-refractivity contribution >= 4 is 13.7 Å². The quantitative estimate of drug-likeness (QED) is 0.0243. The number of nitrogens with zero attached hydrogens (tertiary/aromatic N) is 1. The summed E-state index contributed by atoms with van der Waals surface area (Å²) in [4.78, 5) is 23.5. The van der Waals surface area contributed by atoms with Gasteiger partial charge in [0.1, 0.15) is 13.2 Å². The maximum Gasteiger partial charge on any atom is 0.472 e. The smallest absolute Gasteiger partial charge is 0.387 e. The van der Waals surface area contributed by atoms with Gasteiger partial charge in [0.15, 0.2) is 0 Å². The van der Waals surface area contributed by atoms with Gasteiger partial charge in [-0.05, 0) is 116 Å². The van der Waals surface area contributed by atoms with Crippen LogP contribution in [0.15, 0.2) is 146 Å². The molecule has 0 aliphatic rings. The highest BCUT2D eigenvalue weighted by atomic mass is 31.2. The molecule has 0 aromatic carbocycles. The molecule has 0 aromatic rings. The fourth-order valence-corrected chi connectivity index (χ4v) is 11.9. The van der Waals surface area contributed by atoms with Crippen LogP contribution in [-0.4, -0.2) is 73.4 Å². The van der Waals surface area contributed by atoms with Gasteiger partial charge in [0, 0.05) is 6.42 Å². The Labute approximate surface area is 589 Å². The number of allylic oxidation sites excluding steroid dienone is 23. The summed E-state index contributed by atoms with van der Waals surface area (Å²) in [6.07, 6.45) is 115. The van der Waals surface area contributed by atoms with Gasteiger partial charge in [-0.3, -0.25) is 13.8 Å². The molecule has 0 radical (unpaired) electrons. The van der Waals surface area contributed by atoms with Crippen molar-refractivity contribution in [3.05, 3.63) is 146 Å². The summed E-state index contributed by atoms with van der Waals surface area (Å²) in [5.41, 5.74) is 0. The molecule has 0 aliphatic carbocycles. The van der Waals surface area contributed by atoms with Crippen LogP contribution in [0.2, 0.25) is 0 Å². The van der Waals surface area contributed by atoms with Crippen molar-refractivity contribution in [2.24, 2.45) is 0 Å². The Balaban J connectivity index is 4.09. The van der Waals surface area contributed by atoms with E-state index in [1.807, 2.05) is 27.2 Å². The SMILES string of the molecule is CC/C=C\C/C=C\C/C=C\C/C=C\C/C=C\C/C=C\C/C=C\C/C=C\C/C=C\CCCCCCCCCCCCCCCC(=O)NC(COP(=O)(O)OCC[N+](C)(C)C)C(O)/C=C/CC/C=C/CC/C=C/CCCCCCCCCCCCCCCCCCCCCCCC. The summed E-state index contributed by atoms with van der Waals surface area (Å²) in [6, 6.07) is -0.882. The van der Waals surface area contributed by atoms with Crippen LogP contribution in [0.1, 0.15) is 341 Å². The lowest BCUT2D eigenvalue weighted by molar-refractivity contribution is -0.870. The first kappa shape index (κ1) is 91.4. The predicted molar refractivity (Wildman–Crippen MR) is 419 cm³/mol. The molecule has 0 heterocycles. The fraction of sp³-hybridized carbons (Fsp3) is 0.709. The first-order valence-electron chi connectivity index (χ1n) is 39.7. The molecule has 8 nitrogen and oxygen atoms in total. The molecule has 0 spiro atoms. The van der Waals surface area contributed by atoms with Crippen molar-refractivity contribution in [2.75, 3.05) is 40.9 Å². The van der Waals surface area contributed by atoms with E-state index < -0.39 is 20.0 Å². The summed E-state index contributed by atoms with van der Waals surface area (Å²) in [7, 11) is 1.54. The van der Waals surface area contributed by atoms with E-state index in [1.165, 1.54) is 218 Å². The van der Waals surface area contributed by atoms with Gasteiger partial charge in [-0.15, -0.1) is 0 Å². The number of hydrogen-bond acceptors (Lipinski definition) is 5. The molecule has 95 heavy (non-hydrogen) atoms. The van der Waals surface area contributed by atoms with Gasteiger partial charge in [-0.2, -0.15) is 0 Å². The lowest BCUT2D eigenvalue weighted by atomic mass is 10.0. The van der Waals surface area contributed by atoms with Crippen LogP contribution in [0.3, 0.4) is 0 Å². The van der Waals surface area contributed by atoms with Crippen LogP contribution < -0.4 is 5.32 Å². The Morgan fingerprint density at radius 3 is 0.968 bits per heavy atom. The molecule has 3 N–H and O–H groups in total. The minimum Gasteiger partial charge on any atom is -0.387 e. The largest absolute Gasteiger partial charge is 0.472 e.